The van der Waals surface area contributed by atoms with Gasteiger partial charge < -0.3 is 5.32 Å². The zero-order valence-electron chi connectivity index (χ0n) is 8.42. The average Bonchev–Trinajstić information content (AvgIpc) is 2.61. The van der Waals surface area contributed by atoms with E-state index in [1.807, 2.05) is 13.8 Å². The number of nitrogens with one attached hydrogen (secondary N) is 1. The molecule has 0 aliphatic carbocycles. The van der Waals surface area contributed by atoms with Gasteiger partial charge in [-0.3, -0.25) is 0 Å². The van der Waals surface area contributed by atoms with Crippen LogP contribution in [0, 0.1) is 11.3 Å². The fourth-order valence-electron chi connectivity index (χ4n) is 1.44. The highest BCUT2D eigenvalue weighted by molar-refractivity contribution is 7.12. The highest BCUT2D eigenvalue weighted by atomic mass is 32.1. The molecule has 1 N–H and O–H groups in total. The predicted molar refractivity (Wildman–Crippen MR) is 56.2 cm³/mol. The number of thiazole rings is 1. The number of hydrogen-bond acceptors (Lipinski definition) is 4. The van der Waals surface area contributed by atoms with E-state index in [-0.39, 0.29) is 0 Å². The second kappa shape index (κ2) is 3.34. The van der Waals surface area contributed by atoms with Crippen LogP contribution in [0.1, 0.15) is 29.4 Å². The van der Waals surface area contributed by atoms with Crippen molar-refractivity contribution in [3.63, 3.8) is 0 Å². The maximum absolute atomic E-state index is 9.01. The molecule has 0 fully saturated rings. The third-order valence-corrected chi connectivity index (χ3v) is 3.84. The molecular weight excluding hydrogens is 194 g/mol. The minimum Gasteiger partial charge on any atom is -0.311 e. The molecule has 1 aromatic heterocycles. The van der Waals surface area contributed by atoms with E-state index in [0.29, 0.717) is 0 Å². The van der Waals surface area contributed by atoms with Gasteiger partial charge in [-0.25, -0.2) is 4.98 Å². The van der Waals surface area contributed by atoms with Gasteiger partial charge in [0, 0.05) is 24.4 Å². The molecule has 74 valence electrons. The Hall–Kier alpha value is -0.920. The first-order chi connectivity index (χ1) is 6.63. The molecule has 3 nitrogen and oxygen atoms in total. The lowest BCUT2D eigenvalue weighted by molar-refractivity contribution is 0.633. The first kappa shape index (κ1) is 9.63. The Morgan fingerprint density at radius 2 is 2.36 bits per heavy atom. The fourth-order valence-corrected chi connectivity index (χ4v) is 2.57. The molecule has 0 amide bonds. The van der Waals surface area contributed by atoms with Crippen molar-refractivity contribution in [2.45, 2.75) is 32.2 Å². The molecule has 0 atom stereocenters. The first-order valence-electron chi connectivity index (χ1n) is 4.74. The molecule has 0 aromatic carbocycles. The normalized spacial score (nSPS) is 16.1. The summed E-state index contributed by atoms with van der Waals surface area (Å²) in [6, 6.07) is 2.29. The topological polar surface area (TPSA) is 48.7 Å². The second-order valence-electron chi connectivity index (χ2n) is 4.05. The zero-order valence-corrected chi connectivity index (χ0v) is 9.24. The molecule has 2 heterocycles. The van der Waals surface area contributed by atoms with E-state index in [0.717, 1.165) is 24.5 Å². The molecule has 1 aromatic rings. The van der Waals surface area contributed by atoms with Crippen LogP contribution in [-0.4, -0.2) is 11.5 Å². The SMILES string of the molecule is CC(C)(C#N)c1nc2c(s1)CNCC2. The summed E-state index contributed by atoms with van der Waals surface area (Å²) in [5.74, 6) is 0. The highest BCUT2D eigenvalue weighted by Crippen LogP contribution is 2.30. The van der Waals surface area contributed by atoms with E-state index in [1.54, 1.807) is 11.3 Å². The molecule has 0 saturated heterocycles. The van der Waals surface area contributed by atoms with Crippen molar-refractivity contribution in [2.24, 2.45) is 0 Å². The van der Waals surface area contributed by atoms with Crippen LogP contribution >= 0.6 is 11.3 Å². The number of hydrogen-bond donors (Lipinski definition) is 1. The smallest absolute Gasteiger partial charge is 0.113 e. The molecule has 2 rings (SSSR count). The Labute approximate surface area is 87.8 Å². The third-order valence-electron chi connectivity index (χ3n) is 2.42. The highest BCUT2D eigenvalue weighted by Gasteiger charge is 2.26. The van der Waals surface area contributed by atoms with Crippen molar-refractivity contribution in [3.05, 3.63) is 15.6 Å². The van der Waals surface area contributed by atoms with E-state index in [4.69, 9.17) is 5.26 Å². The van der Waals surface area contributed by atoms with Crippen LogP contribution in [0.3, 0.4) is 0 Å². The van der Waals surface area contributed by atoms with Gasteiger partial charge in [-0.15, -0.1) is 11.3 Å². The van der Waals surface area contributed by atoms with Gasteiger partial charge in [0.1, 0.15) is 10.4 Å². The summed E-state index contributed by atoms with van der Waals surface area (Å²) < 4.78 is 0. The Kier molecular flexibility index (Phi) is 2.30. The van der Waals surface area contributed by atoms with Gasteiger partial charge in [0.25, 0.3) is 0 Å². The van der Waals surface area contributed by atoms with Gasteiger partial charge in [0.15, 0.2) is 0 Å². The summed E-state index contributed by atoms with van der Waals surface area (Å²) in [5.41, 5.74) is 0.745. The van der Waals surface area contributed by atoms with Crippen molar-refractivity contribution in [1.29, 1.82) is 5.26 Å². The minimum atomic E-state index is -0.442. The van der Waals surface area contributed by atoms with Gasteiger partial charge in [-0.1, -0.05) is 0 Å². The molecule has 0 saturated carbocycles. The van der Waals surface area contributed by atoms with Gasteiger partial charge in [-0.2, -0.15) is 5.26 Å². The second-order valence-corrected chi connectivity index (χ2v) is 5.14. The first-order valence-corrected chi connectivity index (χ1v) is 5.56. The Morgan fingerprint density at radius 1 is 1.57 bits per heavy atom. The summed E-state index contributed by atoms with van der Waals surface area (Å²) >= 11 is 1.67. The van der Waals surface area contributed by atoms with Crippen molar-refractivity contribution in [1.82, 2.24) is 10.3 Å². The van der Waals surface area contributed by atoms with Crippen molar-refractivity contribution >= 4 is 11.3 Å². The molecular formula is C10H13N3S. The van der Waals surface area contributed by atoms with Crippen LogP contribution in [0.5, 0.6) is 0 Å². The van der Waals surface area contributed by atoms with E-state index < -0.39 is 5.41 Å². The Balaban J connectivity index is 2.38. The minimum absolute atomic E-state index is 0.442. The fraction of sp³-hybridized carbons (Fsp3) is 0.600. The third kappa shape index (κ3) is 1.54. The van der Waals surface area contributed by atoms with E-state index in [2.05, 4.69) is 16.4 Å². The summed E-state index contributed by atoms with van der Waals surface area (Å²) in [7, 11) is 0. The quantitative estimate of drug-likeness (QED) is 0.760. The van der Waals surface area contributed by atoms with Crippen molar-refractivity contribution in [2.75, 3.05) is 6.54 Å². The maximum Gasteiger partial charge on any atom is 0.113 e. The van der Waals surface area contributed by atoms with Crippen LogP contribution in [-0.2, 0) is 18.4 Å². The summed E-state index contributed by atoms with van der Waals surface area (Å²) in [5, 5.41) is 13.3. The number of aromatic nitrogens is 1. The van der Waals surface area contributed by atoms with E-state index in [1.165, 1.54) is 10.6 Å². The zero-order chi connectivity index (χ0) is 10.2. The predicted octanol–water partition coefficient (Wildman–Crippen LogP) is 1.59. The lowest BCUT2D eigenvalue weighted by Gasteiger charge is -2.09. The van der Waals surface area contributed by atoms with Crippen LogP contribution in [0.2, 0.25) is 0 Å². The maximum atomic E-state index is 9.01. The molecule has 4 heteroatoms. The summed E-state index contributed by atoms with van der Waals surface area (Å²) in [6.45, 7) is 5.76. The average molecular weight is 207 g/mol. The molecule has 0 radical (unpaired) electrons. The molecule has 0 spiro atoms. The van der Waals surface area contributed by atoms with Gasteiger partial charge in [-0.05, 0) is 13.8 Å². The van der Waals surface area contributed by atoms with Crippen LogP contribution in [0.4, 0.5) is 0 Å². The number of nitriles is 1. The lowest BCUT2D eigenvalue weighted by Crippen LogP contribution is -2.22. The molecule has 0 unspecified atom stereocenters. The number of fused-ring (bicyclic) bond motifs is 1. The van der Waals surface area contributed by atoms with Crippen molar-refractivity contribution in [3.8, 4) is 6.07 Å². The van der Waals surface area contributed by atoms with E-state index >= 15 is 0 Å². The van der Waals surface area contributed by atoms with Crippen LogP contribution in [0.15, 0.2) is 0 Å². The number of nitrogens with zero attached hydrogens (tertiary/aromatic N) is 2. The van der Waals surface area contributed by atoms with Crippen LogP contribution in [0.25, 0.3) is 0 Å². The summed E-state index contributed by atoms with van der Waals surface area (Å²) in [4.78, 5) is 5.85. The number of rotatable bonds is 1. The molecule has 1 aliphatic heterocycles. The van der Waals surface area contributed by atoms with Crippen molar-refractivity contribution < 1.29 is 0 Å². The standard InChI is InChI=1S/C10H13N3S/c1-10(2,6-11)9-13-7-3-4-12-5-8(7)14-9/h12H,3-5H2,1-2H3. The largest absolute Gasteiger partial charge is 0.311 e. The van der Waals surface area contributed by atoms with Crippen LogP contribution < -0.4 is 5.32 Å². The molecule has 14 heavy (non-hydrogen) atoms. The summed E-state index contributed by atoms with van der Waals surface area (Å²) in [6.07, 6.45) is 0.993. The molecule has 0 bridgehead atoms. The van der Waals surface area contributed by atoms with Gasteiger partial charge in [0.05, 0.1) is 11.8 Å². The Bertz CT molecular complexity index is 363. The Morgan fingerprint density at radius 3 is 3.00 bits per heavy atom. The van der Waals surface area contributed by atoms with Gasteiger partial charge >= 0.3 is 0 Å². The molecule has 1 aliphatic rings. The monoisotopic (exact) mass is 207 g/mol. The van der Waals surface area contributed by atoms with Gasteiger partial charge in [0.2, 0.25) is 0 Å². The van der Waals surface area contributed by atoms with E-state index in [9.17, 15) is 0 Å². The lowest BCUT2D eigenvalue weighted by atomic mass is 9.97.